The quantitative estimate of drug-likeness (QED) is 0.384. The Morgan fingerprint density at radius 1 is 1.03 bits per heavy atom. The summed E-state index contributed by atoms with van der Waals surface area (Å²) in [4.78, 5) is 30.4. The van der Waals surface area contributed by atoms with E-state index in [9.17, 15) is 9.59 Å². The van der Waals surface area contributed by atoms with E-state index < -0.39 is 5.63 Å². The fraction of sp³-hybridized carbons (Fsp3) is 0.0870. The van der Waals surface area contributed by atoms with Crippen LogP contribution < -0.4 is 15.8 Å². The number of ether oxygens (including phenoxy) is 1. The Labute approximate surface area is 174 Å². The van der Waals surface area contributed by atoms with Gasteiger partial charge in [-0.25, -0.2) is 9.78 Å². The first kappa shape index (κ1) is 18.3. The summed E-state index contributed by atoms with van der Waals surface area (Å²) in [5.74, 6) is 0.292. The van der Waals surface area contributed by atoms with Crippen molar-refractivity contribution in [2.75, 3.05) is 7.11 Å². The highest BCUT2D eigenvalue weighted by molar-refractivity contribution is 7.13. The van der Waals surface area contributed by atoms with Gasteiger partial charge in [-0.2, -0.15) is 0 Å². The van der Waals surface area contributed by atoms with Crippen molar-refractivity contribution in [2.45, 2.75) is 6.92 Å². The lowest BCUT2D eigenvalue weighted by Gasteiger charge is -2.07. The normalized spacial score (nSPS) is 11.3. The van der Waals surface area contributed by atoms with Gasteiger partial charge in [-0.1, -0.05) is 30.3 Å². The van der Waals surface area contributed by atoms with Crippen molar-refractivity contribution in [1.82, 2.24) is 4.98 Å². The second-order valence-electron chi connectivity index (χ2n) is 6.82. The van der Waals surface area contributed by atoms with E-state index in [-0.39, 0.29) is 22.2 Å². The Morgan fingerprint density at radius 3 is 2.60 bits per heavy atom. The molecule has 0 aliphatic carbocycles. The van der Waals surface area contributed by atoms with E-state index in [0.717, 1.165) is 16.1 Å². The molecule has 0 spiro atoms. The second kappa shape index (κ2) is 6.96. The number of nitrogens with zero attached hydrogens (tertiary/aromatic N) is 1. The monoisotopic (exact) mass is 417 g/mol. The molecule has 0 aliphatic rings. The summed E-state index contributed by atoms with van der Waals surface area (Å²) in [6, 6.07) is 14.6. The Balaban J connectivity index is 1.74. The van der Waals surface area contributed by atoms with E-state index in [1.807, 2.05) is 37.3 Å². The van der Waals surface area contributed by atoms with E-state index >= 15 is 0 Å². The van der Waals surface area contributed by atoms with Crippen molar-refractivity contribution < 1.29 is 13.6 Å². The molecule has 0 saturated heterocycles. The van der Waals surface area contributed by atoms with E-state index in [2.05, 4.69) is 4.98 Å². The number of aryl methyl sites for hydroxylation is 1. The van der Waals surface area contributed by atoms with Crippen LogP contribution in [0.3, 0.4) is 0 Å². The average Bonchev–Trinajstić information content (AvgIpc) is 3.23. The van der Waals surface area contributed by atoms with Crippen molar-refractivity contribution in [3.05, 3.63) is 80.1 Å². The van der Waals surface area contributed by atoms with Gasteiger partial charge in [-0.3, -0.25) is 4.79 Å². The molecule has 30 heavy (non-hydrogen) atoms. The SMILES string of the molecule is COc1cc(C)cc2oc3oc(=O)c(-c4csc(-c5ccccc5)n4)cc3c(=O)c12. The van der Waals surface area contributed by atoms with Gasteiger partial charge < -0.3 is 13.6 Å². The Hall–Kier alpha value is -3.71. The summed E-state index contributed by atoms with van der Waals surface area (Å²) in [7, 11) is 1.49. The molecule has 6 nitrogen and oxygen atoms in total. The van der Waals surface area contributed by atoms with Crippen LogP contribution in [0, 0.1) is 6.92 Å². The fourth-order valence-electron chi connectivity index (χ4n) is 3.40. The minimum absolute atomic E-state index is 0.118. The van der Waals surface area contributed by atoms with Gasteiger partial charge >= 0.3 is 11.4 Å². The van der Waals surface area contributed by atoms with Gasteiger partial charge in [0.25, 0.3) is 0 Å². The lowest BCUT2D eigenvalue weighted by atomic mass is 10.1. The summed E-state index contributed by atoms with van der Waals surface area (Å²) in [6.45, 7) is 1.86. The molecule has 148 valence electrons. The molecule has 5 aromatic rings. The number of rotatable bonds is 3. The topological polar surface area (TPSA) is 82.5 Å². The number of methoxy groups -OCH3 is 1. The van der Waals surface area contributed by atoms with Gasteiger partial charge in [0, 0.05) is 10.9 Å². The van der Waals surface area contributed by atoms with Gasteiger partial charge in [0.15, 0.2) is 0 Å². The number of thiazole rings is 1. The molecule has 0 amide bonds. The number of benzene rings is 2. The summed E-state index contributed by atoms with van der Waals surface area (Å²) >= 11 is 1.41. The lowest BCUT2D eigenvalue weighted by molar-refractivity contribution is 0.417. The first-order valence-electron chi connectivity index (χ1n) is 9.16. The Bertz CT molecular complexity index is 1530. The van der Waals surface area contributed by atoms with Gasteiger partial charge in [-0.15, -0.1) is 11.3 Å². The predicted molar refractivity (Wildman–Crippen MR) is 116 cm³/mol. The van der Waals surface area contributed by atoms with Gasteiger partial charge in [0.1, 0.15) is 27.1 Å². The highest BCUT2D eigenvalue weighted by Crippen LogP contribution is 2.30. The van der Waals surface area contributed by atoms with Crippen molar-refractivity contribution in [1.29, 1.82) is 0 Å². The largest absolute Gasteiger partial charge is 0.496 e. The van der Waals surface area contributed by atoms with Crippen LogP contribution in [-0.4, -0.2) is 12.1 Å². The average molecular weight is 417 g/mol. The first-order chi connectivity index (χ1) is 14.5. The molecule has 7 heteroatoms. The van der Waals surface area contributed by atoms with Crippen LogP contribution in [0.1, 0.15) is 5.56 Å². The van der Waals surface area contributed by atoms with Crippen LogP contribution >= 0.6 is 11.3 Å². The Kier molecular flexibility index (Phi) is 4.25. The summed E-state index contributed by atoms with van der Waals surface area (Å²) in [5, 5.41) is 3.01. The van der Waals surface area contributed by atoms with Crippen LogP contribution in [0.2, 0.25) is 0 Å². The highest BCUT2D eigenvalue weighted by Gasteiger charge is 2.19. The highest BCUT2D eigenvalue weighted by atomic mass is 32.1. The standard InChI is InChI=1S/C23H15NO5S/c1-12-8-17(27-2)19-18(9-12)28-23-15(20(19)25)10-14(22(26)29-23)16-11-30-21(24-16)13-6-4-3-5-7-13/h3-11H,1-2H3. The van der Waals surface area contributed by atoms with Crippen molar-refractivity contribution in [2.24, 2.45) is 0 Å². The molecule has 0 unspecified atom stereocenters. The summed E-state index contributed by atoms with van der Waals surface area (Å²) < 4.78 is 16.5. The first-order valence-corrected chi connectivity index (χ1v) is 10.0. The van der Waals surface area contributed by atoms with Gasteiger partial charge in [0.05, 0.1) is 18.4 Å². The fourth-order valence-corrected chi connectivity index (χ4v) is 4.23. The number of hydrogen-bond donors (Lipinski definition) is 0. The molecular formula is C23H15NO5S. The molecule has 5 rings (SSSR count). The molecule has 3 heterocycles. The van der Waals surface area contributed by atoms with Crippen LogP contribution in [0.4, 0.5) is 0 Å². The molecule has 3 aromatic heterocycles. The molecule has 0 aliphatic heterocycles. The third-order valence-corrected chi connectivity index (χ3v) is 5.71. The van der Waals surface area contributed by atoms with Crippen molar-refractivity contribution in [3.63, 3.8) is 0 Å². The maximum absolute atomic E-state index is 13.2. The smallest absolute Gasteiger partial charge is 0.348 e. The zero-order chi connectivity index (χ0) is 20.8. The van der Waals surface area contributed by atoms with E-state index in [1.165, 1.54) is 24.5 Å². The van der Waals surface area contributed by atoms with Crippen molar-refractivity contribution in [3.8, 4) is 27.6 Å². The molecule has 0 bridgehead atoms. The van der Waals surface area contributed by atoms with Crippen LogP contribution in [0.25, 0.3) is 44.0 Å². The van der Waals surface area contributed by atoms with Crippen LogP contribution in [0.15, 0.2) is 72.3 Å². The van der Waals surface area contributed by atoms with E-state index in [1.54, 1.807) is 17.5 Å². The lowest BCUT2D eigenvalue weighted by Crippen LogP contribution is -2.09. The minimum atomic E-state index is -0.616. The third kappa shape index (κ3) is 2.91. The van der Waals surface area contributed by atoms with Gasteiger partial charge in [-0.05, 0) is 30.7 Å². The molecule has 0 N–H and O–H groups in total. The van der Waals surface area contributed by atoms with Crippen LogP contribution in [-0.2, 0) is 0 Å². The van der Waals surface area contributed by atoms with E-state index in [0.29, 0.717) is 22.4 Å². The number of aromatic nitrogens is 1. The zero-order valence-electron chi connectivity index (χ0n) is 16.1. The molecule has 0 fully saturated rings. The number of hydrogen-bond acceptors (Lipinski definition) is 7. The molecule has 0 radical (unpaired) electrons. The van der Waals surface area contributed by atoms with E-state index in [4.69, 9.17) is 13.6 Å². The van der Waals surface area contributed by atoms with Crippen molar-refractivity contribution >= 4 is 33.5 Å². The minimum Gasteiger partial charge on any atom is -0.496 e. The number of fused-ring (bicyclic) bond motifs is 2. The maximum atomic E-state index is 13.2. The molecule has 0 atom stereocenters. The molecule has 2 aromatic carbocycles. The summed E-state index contributed by atoms with van der Waals surface area (Å²) in [6.07, 6.45) is 0. The molecule has 0 saturated carbocycles. The van der Waals surface area contributed by atoms with Crippen LogP contribution in [0.5, 0.6) is 5.75 Å². The Morgan fingerprint density at radius 2 is 1.83 bits per heavy atom. The zero-order valence-corrected chi connectivity index (χ0v) is 16.9. The maximum Gasteiger partial charge on any atom is 0.348 e. The van der Waals surface area contributed by atoms with Gasteiger partial charge in [0.2, 0.25) is 5.43 Å². The second-order valence-corrected chi connectivity index (χ2v) is 7.68. The predicted octanol–water partition coefficient (Wildman–Crippen LogP) is 5.01. The third-order valence-electron chi connectivity index (χ3n) is 4.82. The summed E-state index contributed by atoms with van der Waals surface area (Å²) in [5.41, 5.74) is 1.83. The molecular weight excluding hydrogens is 402 g/mol.